The van der Waals surface area contributed by atoms with Crippen LogP contribution in [0.1, 0.15) is 40.4 Å². The number of nitrogens with one attached hydrogen (secondary N) is 1. The van der Waals surface area contributed by atoms with E-state index in [0.717, 1.165) is 43.7 Å². The molecule has 1 fully saturated rings. The van der Waals surface area contributed by atoms with Gasteiger partial charge in [-0.3, -0.25) is 0 Å². The molecule has 1 aliphatic rings. The summed E-state index contributed by atoms with van der Waals surface area (Å²) in [5.41, 5.74) is 0. The molecule has 0 bridgehead atoms. The summed E-state index contributed by atoms with van der Waals surface area (Å²) in [6, 6.07) is 0. The molecule has 0 saturated carbocycles. The molecule has 2 rings (SSSR count). The number of thioether (sulfide) groups is 1. The molecular weight excluding hydrogens is 433 g/mol. The van der Waals surface area contributed by atoms with Gasteiger partial charge in [0.15, 0.2) is 5.96 Å². The highest BCUT2D eigenvalue weighted by molar-refractivity contribution is 14.0. The van der Waals surface area contributed by atoms with E-state index in [4.69, 9.17) is 4.99 Å². The maximum Gasteiger partial charge on any atom is 0.194 e. The molecule has 0 amide bonds. The van der Waals surface area contributed by atoms with Crippen LogP contribution in [0.25, 0.3) is 0 Å². The molecule has 0 atom stereocenters. The predicted octanol–water partition coefficient (Wildman–Crippen LogP) is 3.45. The van der Waals surface area contributed by atoms with E-state index >= 15 is 0 Å². The van der Waals surface area contributed by atoms with Crippen LogP contribution >= 0.6 is 35.7 Å². The second kappa shape index (κ2) is 9.89. The average molecular weight is 465 g/mol. The minimum absolute atomic E-state index is 0. The molecule has 5 nitrogen and oxygen atoms in total. The summed E-state index contributed by atoms with van der Waals surface area (Å²) in [6.07, 6.45) is 3.93. The molecule has 0 radical (unpaired) electrons. The first-order valence-electron chi connectivity index (χ1n) is 8.58. The Labute approximate surface area is 168 Å². The number of halogens is 1. The van der Waals surface area contributed by atoms with Crippen molar-refractivity contribution in [1.29, 1.82) is 0 Å². The number of rotatable bonds is 5. The largest absolute Gasteiger partial charge is 0.357 e. The lowest BCUT2D eigenvalue weighted by Gasteiger charge is -2.39. The lowest BCUT2D eigenvalue weighted by atomic mass is 10.2. The van der Waals surface area contributed by atoms with Crippen LogP contribution in [0.15, 0.2) is 17.4 Å². The van der Waals surface area contributed by atoms with Gasteiger partial charge in [0.2, 0.25) is 0 Å². The molecule has 1 aromatic heterocycles. The molecule has 2 heterocycles. The third-order valence-corrected chi connectivity index (χ3v) is 5.09. The molecule has 0 aliphatic carbocycles. The first-order valence-corrected chi connectivity index (χ1v) is 9.57. The summed E-state index contributed by atoms with van der Waals surface area (Å²) in [6.45, 7) is 15.8. The highest BCUT2D eigenvalue weighted by Crippen LogP contribution is 2.29. The smallest absolute Gasteiger partial charge is 0.194 e. The van der Waals surface area contributed by atoms with E-state index in [1.54, 1.807) is 0 Å². The molecule has 0 unspecified atom stereocenters. The van der Waals surface area contributed by atoms with Gasteiger partial charge in [0, 0.05) is 49.1 Å². The van der Waals surface area contributed by atoms with Crippen LogP contribution in [0.5, 0.6) is 0 Å². The first-order chi connectivity index (χ1) is 10.9. The highest BCUT2D eigenvalue weighted by Gasteiger charge is 2.28. The van der Waals surface area contributed by atoms with Gasteiger partial charge in [-0.1, -0.05) is 13.8 Å². The molecule has 7 heteroatoms. The predicted molar refractivity (Wildman–Crippen MR) is 115 cm³/mol. The minimum Gasteiger partial charge on any atom is -0.357 e. The Bertz CT molecular complexity index is 527. The van der Waals surface area contributed by atoms with Crippen molar-refractivity contribution in [2.24, 2.45) is 10.9 Å². The number of aromatic nitrogens is 2. The van der Waals surface area contributed by atoms with Crippen LogP contribution in [-0.2, 0) is 13.1 Å². The number of guanidine groups is 1. The zero-order valence-corrected chi connectivity index (χ0v) is 18.7. The lowest BCUT2D eigenvalue weighted by molar-refractivity contribution is 0.375. The Balaban J connectivity index is 0.00000288. The Hall–Kier alpha value is -0.440. The van der Waals surface area contributed by atoms with Crippen LogP contribution < -0.4 is 5.32 Å². The van der Waals surface area contributed by atoms with E-state index in [-0.39, 0.29) is 28.7 Å². The van der Waals surface area contributed by atoms with E-state index in [1.807, 2.05) is 18.0 Å². The van der Waals surface area contributed by atoms with Crippen molar-refractivity contribution in [3.8, 4) is 0 Å². The van der Waals surface area contributed by atoms with Gasteiger partial charge in [0.25, 0.3) is 0 Å². The fourth-order valence-electron chi connectivity index (χ4n) is 2.82. The second-order valence-corrected chi connectivity index (χ2v) is 8.89. The van der Waals surface area contributed by atoms with Crippen molar-refractivity contribution in [3.63, 3.8) is 0 Å². The van der Waals surface area contributed by atoms with Gasteiger partial charge in [0.1, 0.15) is 12.4 Å². The van der Waals surface area contributed by atoms with E-state index in [0.29, 0.717) is 12.5 Å². The SMILES string of the molecule is CCNC(=NCc1nccn1CC(C)C)N1CCSC(C)(C)C1.I. The van der Waals surface area contributed by atoms with Crippen LogP contribution in [0.4, 0.5) is 0 Å². The van der Waals surface area contributed by atoms with Crippen molar-refractivity contribution in [2.45, 2.75) is 52.5 Å². The third-order valence-electron chi connectivity index (χ3n) is 3.79. The van der Waals surface area contributed by atoms with Gasteiger partial charge in [0.05, 0.1) is 0 Å². The third kappa shape index (κ3) is 6.46. The second-order valence-electron chi connectivity index (χ2n) is 7.09. The maximum absolute atomic E-state index is 4.85. The van der Waals surface area contributed by atoms with Gasteiger partial charge in [-0.05, 0) is 26.7 Å². The zero-order chi connectivity index (χ0) is 16.9. The van der Waals surface area contributed by atoms with Gasteiger partial charge < -0.3 is 14.8 Å². The van der Waals surface area contributed by atoms with Crippen molar-refractivity contribution in [1.82, 2.24) is 19.8 Å². The monoisotopic (exact) mass is 465 g/mol. The molecule has 24 heavy (non-hydrogen) atoms. The molecule has 1 aliphatic heterocycles. The average Bonchev–Trinajstić information content (AvgIpc) is 2.88. The highest BCUT2D eigenvalue weighted by atomic mass is 127. The quantitative estimate of drug-likeness (QED) is 0.411. The molecule has 0 aromatic carbocycles. The number of hydrogen-bond donors (Lipinski definition) is 1. The normalized spacial score (nSPS) is 17.8. The molecule has 1 saturated heterocycles. The topological polar surface area (TPSA) is 45.5 Å². The van der Waals surface area contributed by atoms with Crippen LogP contribution in [0.2, 0.25) is 0 Å². The van der Waals surface area contributed by atoms with Crippen LogP contribution in [0.3, 0.4) is 0 Å². The summed E-state index contributed by atoms with van der Waals surface area (Å²) in [5.74, 6) is 3.82. The number of nitrogens with zero attached hydrogens (tertiary/aromatic N) is 4. The Kier molecular flexibility index (Phi) is 8.90. The van der Waals surface area contributed by atoms with E-state index in [2.05, 4.69) is 60.6 Å². The molecule has 0 spiro atoms. The van der Waals surface area contributed by atoms with Gasteiger partial charge in [-0.2, -0.15) is 11.8 Å². The van der Waals surface area contributed by atoms with Crippen molar-refractivity contribution >= 4 is 41.7 Å². The Morgan fingerprint density at radius 2 is 2.21 bits per heavy atom. The number of imidazole rings is 1. The number of hydrogen-bond acceptors (Lipinski definition) is 3. The fraction of sp³-hybridized carbons (Fsp3) is 0.765. The summed E-state index contributed by atoms with van der Waals surface area (Å²) in [4.78, 5) is 11.7. The molecule has 1 aromatic rings. The van der Waals surface area contributed by atoms with E-state index in [9.17, 15) is 0 Å². The van der Waals surface area contributed by atoms with Crippen molar-refractivity contribution < 1.29 is 0 Å². The summed E-state index contributed by atoms with van der Waals surface area (Å²) in [7, 11) is 0. The van der Waals surface area contributed by atoms with Gasteiger partial charge in [-0.15, -0.1) is 24.0 Å². The summed E-state index contributed by atoms with van der Waals surface area (Å²) < 4.78 is 2.50. The standard InChI is InChI=1S/C17H31N5S.HI/c1-6-18-16(22-9-10-23-17(4,5)13-22)20-11-15-19-7-8-21(15)12-14(2)3;/h7-8,14H,6,9-13H2,1-5H3,(H,18,20);1H. The molecule has 138 valence electrons. The Morgan fingerprint density at radius 1 is 1.46 bits per heavy atom. The summed E-state index contributed by atoms with van der Waals surface area (Å²) in [5, 5.41) is 3.44. The summed E-state index contributed by atoms with van der Waals surface area (Å²) >= 11 is 2.04. The number of aliphatic imine (C=N–C) groups is 1. The fourth-order valence-corrected chi connectivity index (χ4v) is 3.93. The van der Waals surface area contributed by atoms with Gasteiger partial charge >= 0.3 is 0 Å². The first kappa shape index (κ1) is 21.6. The van der Waals surface area contributed by atoms with E-state index in [1.165, 1.54) is 0 Å². The van der Waals surface area contributed by atoms with Crippen molar-refractivity contribution in [2.75, 3.05) is 25.4 Å². The van der Waals surface area contributed by atoms with Gasteiger partial charge in [-0.25, -0.2) is 9.98 Å². The Morgan fingerprint density at radius 3 is 2.83 bits per heavy atom. The maximum atomic E-state index is 4.85. The lowest BCUT2D eigenvalue weighted by Crippen LogP contribution is -2.51. The van der Waals surface area contributed by atoms with Crippen LogP contribution in [0, 0.1) is 5.92 Å². The minimum atomic E-state index is 0. The zero-order valence-electron chi connectivity index (χ0n) is 15.6. The van der Waals surface area contributed by atoms with Crippen LogP contribution in [-0.4, -0.2) is 50.5 Å². The van der Waals surface area contributed by atoms with E-state index < -0.39 is 0 Å². The molecule has 1 N–H and O–H groups in total. The van der Waals surface area contributed by atoms with Crippen molar-refractivity contribution in [3.05, 3.63) is 18.2 Å². The molecular formula is C17H32IN5S.